The van der Waals surface area contributed by atoms with E-state index in [1.54, 1.807) is 13.0 Å². The number of thioether (sulfide) groups is 1. The van der Waals surface area contributed by atoms with E-state index in [0.717, 1.165) is 42.5 Å². The number of nitrogens with one attached hydrogen (secondary N) is 1. The molecule has 0 saturated carbocycles. The number of nitrogens with zero attached hydrogens (tertiary/aromatic N) is 4. The van der Waals surface area contributed by atoms with Crippen LogP contribution in [0.5, 0.6) is 0 Å². The summed E-state index contributed by atoms with van der Waals surface area (Å²) in [6, 6.07) is 2.95. The molecule has 1 aromatic carbocycles. The first kappa shape index (κ1) is 25.3. The predicted octanol–water partition coefficient (Wildman–Crippen LogP) is 7.04. The van der Waals surface area contributed by atoms with Crippen LogP contribution in [0, 0.1) is 6.92 Å². The van der Waals surface area contributed by atoms with Gasteiger partial charge in [-0.25, -0.2) is 15.0 Å². The molecule has 0 bridgehead atoms. The van der Waals surface area contributed by atoms with Crippen molar-refractivity contribution in [3.63, 3.8) is 0 Å². The highest BCUT2D eigenvalue weighted by molar-refractivity contribution is 7.99. The highest BCUT2D eigenvalue weighted by Crippen LogP contribution is 2.38. The quantitative estimate of drug-likeness (QED) is 0.116. The van der Waals surface area contributed by atoms with E-state index < -0.39 is 29.0 Å². The average molecular weight is 508 g/mol. The monoisotopic (exact) mass is 507 g/mol. The molecule has 0 spiro atoms. The van der Waals surface area contributed by atoms with Gasteiger partial charge in [-0.3, -0.25) is 5.10 Å². The van der Waals surface area contributed by atoms with Crippen molar-refractivity contribution < 1.29 is 26.3 Å². The zero-order valence-electron chi connectivity index (χ0n) is 17.5. The topological polar surface area (TPSA) is 67.3 Å². The van der Waals surface area contributed by atoms with Crippen molar-refractivity contribution in [1.29, 1.82) is 0 Å². The Labute approximate surface area is 194 Å². The van der Waals surface area contributed by atoms with E-state index in [0.29, 0.717) is 22.3 Å². The van der Waals surface area contributed by atoms with E-state index >= 15 is 0 Å². The van der Waals surface area contributed by atoms with Crippen molar-refractivity contribution in [2.24, 2.45) is 0 Å². The van der Waals surface area contributed by atoms with Crippen molar-refractivity contribution in [2.75, 3.05) is 5.75 Å². The van der Waals surface area contributed by atoms with Gasteiger partial charge >= 0.3 is 12.4 Å². The minimum absolute atomic E-state index is 0.0647. The molecule has 0 aliphatic rings. The van der Waals surface area contributed by atoms with Crippen LogP contribution in [-0.2, 0) is 12.4 Å². The van der Waals surface area contributed by atoms with Crippen LogP contribution in [0.2, 0.25) is 0 Å². The fourth-order valence-corrected chi connectivity index (χ4v) is 4.49. The molecule has 3 rings (SSSR count). The van der Waals surface area contributed by atoms with Gasteiger partial charge in [-0.15, -0.1) is 0 Å². The number of benzene rings is 1. The van der Waals surface area contributed by atoms with Crippen LogP contribution in [0.25, 0.3) is 11.4 Å². The third-order valence-electron chi connectivity index (χ3n) is 4.30. The minimum Gasteiger partial charge on any atom is -0.253 e. The van der Waals surface area contributed by atoms with Crippen LogP contribution in [0.15, 0.2) is 39.6 Å². The normalized spacial score (nSPS) is 12.4. The highest BCUT2D eigenvalue weighted by Gasteiger charge is 2.37. The van der Waals surface area contributed by atoms with Gasteiger partial charge in [0, 0.05) is 17.0 Å². The van der Waals surface area contributed by atoms with Gasteiger partial charge in [0.05, 0.1) is 11.1 Å². The number of H-pyrrole nitrogens is 1. The van der Waals surface area contributed by atoms with Gasteiger partial charge in [-0.05, 0) is 49.4 Å². The first-order valence-corrected chi connectivity index (χ1v) is 11.6. The van der Waals surface area contributed by atoms with Crippen molar-refractivity contribution in [3.8, 4) is 11.4 Å². The summed E-state index contributed by atoms with van der Waals surface area (Å²) >= 11 is 2.57. The Hall–Kier alpha value is -2.28. The summed E-state index contributed by atoms with van der Waals surface area (Å²) < 4.78 is 78.7. The lowest BCUT2D eigenvalue weighted by Gasteiger charge is -2.13. The standard InChI is InChI=1S/C20H19F6N5S2/c1-3-4-5-6-32-17-27-11(2)7-15(28-17)33-18-29-16(30-31-18)12-8-13(19(21,22)23)10-14(9-12)20(24,25)26/h7-10H,3-6H2,1-2H3,(H,29,30,31). The maximum Gasteiger partial charge on any atom is 0.416 e. The first-order valence-electron chi connectivity index (χ1n) is 9.84. The van der Waals surface area contributed by atoms with Crippen molar-refractivity contribution in [1.82, 2.24) is 25.1 Å². The third kappa shape index (κ3) is 7.10. The number of aromatic amines is 1. The molecule has 178 valence electrons. The Morgan fingerprint density at radius 2 is 1.55 bits per heavy atom. The summed E-state index contributed by atoms with van der Waals surface area (Å²) in [5, 5.41) is 7.64. The first-order chi connectivity index (χ1) is 15.5. The number of rotatable bonds is 8. The summed E-state index contributed by atoms with van der Waals surface area (Å²) in [6.45, 7) is 3.91. The number of halogens is 6. The molecule has 13 heteroatoms. The molecule has 0 amide bonds. The maximum absolute atomic E-state index is 13.1. The number of unbranched alkanes of at least 4 members (excludes halogenated alkanes) is 2. The van der Waals surface area contributed by atoms with E-state index in [4.69, 9.17) is 0 Å². The predicted molar refractivity (Wildman–Crippen MR) is 113 cm³/mol. The molecule has 0 saturated heterocycles. The van der Waals surface area contributed by atoms with Crippen molar-refractivity contribution in [2.45, 2.75) is 60.8 Å². The summed E-state index contributed by atoms with van der Waals surface area (Å²) in [6.07, 6.45) is -6.67. The van der Waals surface area contributed by atoms with E-state index in [1.807, 2.05) is 0 Å². The van der Waals surface area contributed by atoms with Crippen LogP contribution < -0.4 is 0 Å². The molecule has 0 radical (unpaired) electrons. The average Bonchev–Trinajstić information content (AvgIpc) is 3.18. The molecule has 0 aliphatic carbocycles. The van der Waals surface area contributed by atoms with E-state index in [9.17, 15) is 26.3 Å². The highest BCUT2D eigenvalue weighted by atomic mass is 32.2. The van der Waals surface area contributed by atoms with E-state index in [1.165, 1.54) is 11.8 Å². The lowest BCUT2D eigenvalue weighted by atomic mass is 10.0. The van der Waals surface area contributed by atoms with Crippen molar-refractivity contribution >= 4 is 23.5 Å². The van der Waals surface area contributed by atoms with Crippen LogP contribution in [-0.4, -0.2) is 30.9 Å². The lowest BCUT2D eigenvalue weighted by molar-refractivity contribution is -0.143. The lowest BCUT2D eigenvalue weighted by Crippen LogP contribution is -2.11. The Morgan fingerprint density at radius 1 is 0.879 bits per heavy atom. The number of aryl methyl sites for hydroxylation is 1. The zero-order chi connectivity index (χ0) is 24.2. The molecule has 0 aliphatic heterocycles. The molecular weight excluding hydrogens is 488 g/mol. The van der Waals surface area contributed by atoms with Crippen LogP contribution >= 0.6 is 23.5 Å². The number of aromatic nitrogens is 5. The second kappa shape index (κ2) is 10.3. The van der Waals surface area contributed by atoms with Crippen LogP contribution in [0.3, 0.4) is 0 Å². The second-order valence-corrected chi connectivity index (χ2v) is 9.12. The molecule has 0 atom stereocenters. The molecular formula is C20H19F6N5S2. The number of hydrogen-bond donors (Lipinski definition) is 1. The van der Waals surface area contributed by atoms with Gasteiger partial charge in [0.1, 0.15) is 5.03 Å². The van der Waals surface area contributed by atoms with Gasteiger partial charge < -0.3 is 0 Å². The minimum atomic E-state index is -4.95. The fourth-order valence-electron chi connectivity index (χ4n) is 2.75. The molecule has 3 aromatic rings. The summed E-state index contributed by atoms with van der Waals surface area (Å²) in [5.74, 6) is 0.583. The smallest absolute Gasteiger partial charge is 0.253 e. The van der Waals surface area contributed by atoms with Crippen molar-refractivity contribution in [3.05, 3.63) is 41.1 Å². The zero-order valence-corrected chi connectivity index (χ0v) is 19.1. The molecule has 5 nitrogen and oxygen atoms in total. The van der Waals surface area contributed by atoms with Crippen LogP contribution in [0.1, 0.15) is 43.0 Å². The summed E-state index contributed by atoms with van der Waals surface area (Å²) in [7, 11) is 0. The Morgan fingerprint density at radius 3 is 2.15 bits per heavy atom. The fraction of sp³-hybridized carbons (Fsp3) is 0.400. The Kier molecular flexibility index (Phi) is 7.93. The Bertz CT molecular complexity index is 1070. The maximum atomic E-state index is 13.1. The van der Waals surface area contributed by atoms with Gasteiger partial charge in [0.2, 0.25) is 0 Å². The van der Waals surface area contributed by atoms with Gasteiger partial charge in [0.15, 0.2) is 16.1 Å². The number of alkyl halides is 6. The van der Waals surface area contributed by atoms with Gasteiger partial charge in [0.25, 0.3) is 0 Å². The Balaban J connectivity index is 1.84. The SMILES string of the molecule is CCCCCSc1nc(C)cc(Sc2nc(-c3cc(C(F)(F)F)cc(C(F)(F)F)c3)n[nH]2)n1. The third-order valence-corrected chi connectivity index (χ3v) is 6.03. The molecule has 1 N–H and O–H groups in total. The molecule has 2 heterocycles. The van der Waals surface area contributed by atoms with Crippen LogP contribution in [0.4, 0.5) is 26.3 Å². The van der Waals surface area contributed by atoms with Gasteiger partial charge in [-0.1, -0.05) is 31.5 Å². The molecule has 33 heavy (non-hydrogen) atoms. The largest absolute Gasteiger partial charge is 0.416 e. The molecule has 0 unspecified atom stereocenters. The second-order valence-electron chi connectivity index (χ2n) is 7.05. The van der Waals surface area contributed by atoms with Gasteiger partial charge in [-0.2, -0.15) is 31.4 Å². The molecule has 2 aromatic heterocycles. The van der Waals surface area contributed by atoms with E-state index in [-0.39, 0.29) is 17.0 Å². The van der Waals surface area contributed by atoms with E-state index in [2.05, 4.69) is 32.1 Å². The number of hydrogen-bond acceptors (Lipinski definition) is 6. The summed E-state index contributed by atoms with van der Waals surface area (Å²) in [5.41, 5.74) is -2.53. The molecule has 0 fully saturated rings. The summed E-state index contributed by atoms with van der Waals surface area (Å²) in [4.78, 5) is 12.9.